The van der Waals surface area contributed by atoms with E-state index in [2.05, 4.69) is 24.4 Å². The molecule has 2 aromatic rings. The van der Waals surface area contributed by atoms with Crippen molar-refractivity contribution in [1.29, 1.82) is 0 Å². The molecule has 1 aromatic heterocycles. The number of carboxylic acids is 1. The molecule has 0 amide bonds. The van der Waals surface area contributed by atoms with Gasteiger partial charge in [0.2, 0.25) is 0 Å². The van der Waals surface area contributed by atoms with Crippen molar-refractivity contribution in [3.8, 4) is 0 Å². The van der Waals surface area contributed by atoms with Crippen molar-refractivity contribution < 1.29 is 23.8 Å². The fourth-order valence-corrected chi connectivity index (χ4v) is 2.71. The molecule has 0 saturated carbocycles. The molecule has 0 saturated heterocycles. The van der Waals surface area contributed by atoms with Crippen LogP contribution in [0.1, 0.15) is 37.5 Å². The molecule has 2 atom stereocenters. The van der Waals surface area contributed by atoms with Crippen molar-refractivity contribution in [2.45, 2.75) is 45.2 Å². The highest BCUT2D eigenvalue weighted by molar-refractivity contribution is 5.81. The number of rotatable bonds is 12. The molecule has 2 unspecified atom stereocenters. The molecule has 2 rings (SSSR count). The molecule has 0 spiro atoms. The Kier molecular flexibility index (Phi) is 8.58. The zero-order valence-electron chi connectivity index (χ0n) is 15.6. The fourth-order valence-electron chi connectivity index (χ4n) is 2.71. The van der Waals surface area contributed by atoms with Gasteiger partial charge in [0.05, 0.1) is 25.8 Å². The Morgan fingerprint density at radius 3 is 2.59 bits per heavy atom. The van der Waals surface area contributed by atoms with Gasteiger partial charge in [-0.05, 0) is 42.9 Å². The second kappa shape index (κ2) is 11.2. The highest BCUT2D eigenvalue weighted by atomic mass is 16.5. The summed E-state index contributed by atoms with van der Waals surface area (Å²) >= 11 is 0. The van der Waals surface area contributed by atoms with E-state index >= 15 is 0 Å². The van der Waals surface area contributed by atoms with E-state index < -0.39 is 18.0 Å². The molecule has 6 heteroatoms. The lowest BCUT2D eigenvalue weighted by Crippen LogP contribution is -2.39. The predicted molar refractivity (Wildman–Crippen MR) is 101 cm³/mol. The third-order valence-corrected chi connectivity index (χ3v) is 4.39. The van der Waals surface area contributed by atoms with Gasteiger partial charge in [0.1, 0.15) is 11.8 Å². The highest BCUT2D eigenvalue weighted by Gasteiger charge is 2.23. The van der Waals surface area contributed by atoms with E-state index in [9.17, 15) is 9.59 Å². The van der Waals surface area contributed by atoms with Crippen LogP contribution >= 0.6 is 0 Å². The number of benzene rings is 1. The minimum absolute atomic E-state index is 0.271. The number of aliphatic carboxylic acids is 1. The Balaban J connectivity index is 1.70. The van der Waals surface area contributed by atoms with Crippen LogP contribution in [0, 0.1) is 5.92 Å². The van der Waals surface area contributed by atoms with Gasteiger partial charge in [0.25, 0.3) is 0 Å². The maximum atomic E-state index is 12.2. The van der Waals surface area contributed by atoms with Crippen LogP contribution in [0.3, 0.4) is 0 Å². The van der Waals surface area contributed by atoms with Gasteiger partial charge in [-0.3, -0.25) is 14.9 Å². The number of aryl methyl sites for hydroxylation is 1. The molecular formula is C21H27NO5. The van der Waals surface area contributed by atoms with Crippen molar-refractivity contribution in [2.75, 3.05) is 6.61 Å². The second-order valence-corrected chi connectivity index (χ2v) is 6.70. The van der Waals surface area contributed by atoms with Crippen LogP contribution in [-0.2, 0) is 27.3 Å². The van der Waals surface area contributed by atoms with E-state index in [4.69, 9.17) is 14.3 Å². The van der Waals surface area contributed by atoms with Gasteiger partial charge in [-0.15, -0.1) is 0 Å². The Morgan fingerprint density at radius 1 is 1.15 bits per heavy atom. The summed E-state index contributed by atoms with van der Waals surface area (Å²) in [7, 11) is 0. The molecule has 27 heavy (non-hydrogen) atoms. The van der Waals surface area contributed by atoms with E-state index in [-0.39, 0.29) is 19.6 Å². The smallest absolute Gasteiger partial charge is 0.323 e. The predicted octanol–water partition coefficient (Wildman–Crippen LogP) is 3.41. The molecule has 0 aliphatic rings. The van der Waals surface area contributed by atoms with E-state index in [1.54, 1.807) is 12.1 Å². The zero-order chi connectivity index (χ0) is 19.5. The number of ether oxygens (including phenoxy) is 1. The number of esters is 1. The number of carbonyl (C=O) groups excluding carboxylic acids is 1. The SMILES string of the molecule is CC(CCOC(=O)C(CC(=O)O)NCc1ccco1)CCc1ccccc1. The molecule has 0 aliphatic heterocycles. The van der Waals surface area contributed by atoms with Crippen LogP contribution in [0.15, 0.2) is 53.1 Å². The van der Waals surface area contributed by atoms with Gasteiger partial charge in [-0.2, -0.15) is 0 Å². The minimum Gasteiger partial charge on any atom is -0.481 e. The lowest BCUT2D eigenvalue weighted by molar-refractivity contribution is -0.150. The van der Waals surface area contributed by atoms with Crippen LogP contribution in [-0.4, -0.2) is 29.7 Å². The molecular weight excluding hydrogens is 346 g/mol. The van der Waals surface area contributed by atoms with Crippen LogP contribution in [0.2, 0.25) is 0 Å². The summed E-state index contributed by atoms with van der Waals surface area (Å²) in [6, 6.07) is 12.9. The van der Waals surface area contributed by atoms with Gasteiger partial charge in [-0.1, -0.05) is 37.3 Å². The number of hydrogen-bond donors (Lipinski definition) is 2. The lowest BCUT2D eigenvalue weighted by atomic mass is 9.99. The lowest BCUT2D eigenvalue weighted by Gasteiger charge is -2.17. The summed E-state index contributed by atoms with van der Waals surface area (Å²) in [5.74, 6) is -0.556. The number of hydrogen-bond acceptors (Lipinski definition) is 5. The Labute approximate surface area is 159 Å². The summed E-state index contributed by atoms with van der Waals surface area (Å²) in [6.07, 6.45) is 3.94. The summed E-state index contributed by atoms with van der Waals surface area (Å²) in [6.45, 7) is 2.68. The zero-order valence-corrected chi connectivity index (χ0v) is 15.6. The van der Waals surface area contributed by atoms with E-state index in [0.29, 0.717) is 11.7 Å². The quantitative estimate of drug-likeness (QED) is 0.554. The van der Waals surface area contributed by atoms with Crippen LogP contribution in [0.5, 0.6) is 0 Å². The maximum absolute atomic E-state index is 12.2. The number of carboxylic acid groups (broad SMARTS) is 1. The molecule has 2 N–H and O–H groups in total. The number of nitrogens with one attached hydrogen (secondary N) is 1. The molecule has 0 bridgehead atoms. The normalized spacial score (nSPS) is 13.1. The first-order valence-corrected chi connectivity index (χ1v) is 9.22. The minimum atomic E-state index is -1.06. The standard InChI is InChI=1S/C21H27NO5/c1-16(9-10-17-6-3-2-4-7-17)11-13-27-21(25)19(14-20(23)24)22-15-18-8-5-12-26-18/h2-8,12,16,19,22H,9-11,13-15H2,1H3,(H,23,24). The van der Waals surface area contributed by atoms with Gasteiger partial charge in [0, 0.05) is 0 Å². The first-order valence-electron chi connectivity index (χ1n) is 9.22. The van der Waals surface area contributed by atoms with Crippen LogP contribution < -0.4 is 5.32 Å². The monoisotopic (exact) mass is 373 g/mol. The summed E-state index contributed by atoms with van der Waals surface area (Å²) in [5, 5.41) is 11.9. The third-order valence-electron chi connectivity index (χ3n) is 4.39. The molecule has 1 heterocycles. The van der Waals surface area contributed by atoms with Gasteiger partial charge in [0.15, 0.2) is 0 Å². The number of furan rings is 1. The van der Waals surface area contributed by atoms with Crippen molar-refractivity contribution in [1.82, 2.24) is 5.32 Å². The maximum Gasteiger partial charge on any atom is 0.323 e. The first-order chi connectivity index (χ1) is 13.0. The molecule has 146 valence electrons. The summed E-state index contributed by atoms with van der Waals surface area (Å²) in [4.78, 5) is 23.2. The Hall–Kier alpha value is -2.60. The van der Waals surface area contributed by atoms with Gasteiger partial charge in [-0.25, -0.2) is 0 Å². The Bertz CT molecular complexity index is 684. The summed E-state index contributed by atoms with van der Waals surface area (Å²) < 4.78 is 10.5. The van der Waals surface area contributed by atoms with Crippen LogP contribution in [0.25, 0.3) is 0 Å². The topological polar surface area (TPSA) is 88.8 Å². The molecule has 1 aromatic carbocycles. The first kappa shape index (κ1) is 20.7. The van der Waals surface area contributed by atoms with E-state index in [0.717, 1.165) is 19.3 Å². The van der Waals surface area contributed by atoms with E-state index in [1.807, 2.05) is 18.2 Å². The van der Waals surface area contributed by atoms with Crippen molar-refractivity contribution in [2.24, 2.45) is 5.92 Å². The second-order valence-electron chi connectivity index (χ2n) is 6.70. The molecule has 6 nitrogen and oxygen atoms in total. The van der Waals surface area contributed by atoms with Gasteiger partial charge >= 0.3 is 11.9 Å². The molecule has 0 radical (unpaired) electrons. The molecule has 0 aliphatic carbocycles. The fraction of sp³-hybridized carbons (Fsp3) is 0.429. The van der Waals surface area contributed by atoms with Gasteiger partial charge < -0.3 is 14.3 Å². The highest BCUT2D eigenvalue weighted by Crippen LogP contribution is 2.13. The summed E-state index contributed by atoms with van der Waals surface area (Å²) in [5.41, 5.74) is 1.30. The average molecular weight is 373 g/mol. The largest absolute Gasteiger partial charge is 0.481 e. The molecule has 0 fully saturated rings. The van der Waals surface area contributed by atoms with E-state index in [1.165, 1.54) is 11.8 Å². The average Bonchev–Trinajstić information content (AvgIpc) is 3.17. The Morgan fingerprint density at radius 2 is 1.93 bits per heavy atom. The van der Waals surface area contributed by atoms with Crippen LogP contribution in [0.4, 0.5) is 0 Å². The van der Waals surface area contributed by atoms with Crippen molar-refractivity contribution >= 4 is 11.9 Å². The number of carbonyl (C=O) groups is 2. The van der Waals surface area contributed by atoms with Crippen molar-refractivity contribution in [3.63, 3.8) is 0 Å². The third kappa shape index (κ3) is 8.09. The van der Waals surface area contributed by atoms with Crippen molar-refractivity contribution in [3.05, 3.63) is 60.1 Å².